The Morgan fingerprint density at radius 3 is 2.94 bits per heavy atom. The predicted molar refractivity (Wildman–Crippen MR) is 74.3 cm³/mol. The Morgan fingerprint density at radius 2 is 2.41 bits per heavy atom. The van der Waals surface area contributed by atoms with Crippen LogP contribution in [-0.2, 0) is 11.3 Å². The highest BCUT2D eigenvalue weighted by Gasteiger charge is 2.18. The van der Waals surface area contributed by atoms with Gasteiger partial charge in [0.1, 0.15) is 0 Å². The zero-order valence-electron chi connectivity index (χ0n) is 10.5. The van der Waals surface area contributed by atoms with E-state index in [1.54, 1.807) is 35.0 Å². The zero-order valence-corrected chi connectivity index (χ0v) is 12.1. The number of aryl methyl sites for hydroxylation is 1. The van der Waals surface area contributed by atoms with Gasteiger partial charge in [-0.15, -0.1) is 11.3 Å². The summed E-state index contributed by atoms with van der Waals surface area (Å²) in [5, 5.41) is 1.02. The number of amides is 1. The molecule has 4 nitrogen and oxygen atoms in total. The topological polar surface area (TPSA) is 59.2 Å². The van der Waals surface area contributed by atoms with Gasteiger partial charge in [-0.1, -0.05) is 0 Å². The van der Waals surface area contributed by atoms with Crippen molar-refractivity contribution in [3.63, 3.8) is 0 Å². The van der Waals surface area contributed by atoms with Crippen molar-refractivity contribution in [2.75, 3.05) is 19.1 Å². The van der Waals surface area contributed by atoms with Crippen molar-refractivity contribution < 1.29 is 4.79 Å². The number of carbonyl (C=O) groups is 1. The lowest BCUT2D eigenvalue weighted by Crippen LogP contribution is -2.41. The Labute approximate surface area is 111 Å². The number of thioether (sulfide) groups is 1. The minimum Gasteiger partial charge on any atom is -0.339 e. The fraction of sp³-hybridized carbons (Fsp3) is 0.636. The first-order valence-corrected chi connectivity index (χ1v) is 7.66. The highest BCUT2D eigenvalue weighted by atomic mass is 32.2. The van der Waals surface area contributed by atoms with Crippen molar-refractivity contribution in [3.05, 3.63) is 16.1 Å². The van der Waals surface area contributed by atoms with Gasteiger partial charge < -0.3 is 10.6 Å². The van der Waals surface area contributed by atoms with Gasteiger partial charge in [0.15, 0.2) is 0 Å². The Hall–Kier alpha value is -0.590. The summed E-state index contributed by atoms with van der Waals surface area (Å²) >= 11 is 3.32. The maximum atomic E-state index is 11.9. The van der Waals surface area contributed by atoms with Crippen molar-refractivity contribution in [3.8, 4) is 0 Å². The van der Waals surface area contributed by atoms with Crippen LogP contribution in [0.15, 0.2) is 6.20 Å². The summed E-state index contributed by atoms with van der Waals surface area (Å²) in [5.74, 6) is 0.922. The zero-order chi connectivity index (χ0) is 12.8. The first-order valence-electron chi connectivity index (χ1n) is 5.45. The summed E-state index contributed by atoms with van der Waals surface area (Å²) in [5.41, 5.74) is 5.85. The van der Waals surface area contributed by atoms with Gasteiger partial charge in [0.05, 0.1) is 17.6 Å². The molecule has 1 heterocycles. The highest BCUT2D eigenvalue weighted by molar-refractivity contribution is 7.98. The molecule has 0 aliphatic heterocycles. The lowest BCUT2D eigenvalue weighted by Gasteiger charge is -2.20. The molecule has 96 valence electrons. The third-order valence-corrected chi connectivity index (χ3v) is 3.93. The van der Waals surface area contributed by atoms with Crippen LogP contribution in [0, 0.1) is 6.92 Å². The molecule has 17 heavy (non-hydrogen) atoms. The first kappa shape index (κ1) is 14.5. The van der Waals surface area contributed by atoms with E-state index in [-0.39, 0.29) is 11.9 Å². The monoisotopic (exact) mass is 273 g/mol. The number of rotatable bonds is 6. The Kier molecular flexibility index (Phi) is 5.94. The fourth-order valence-corrected chi connectivity index (χ4v) is 2.78. The van der Waals surface area contributed by atoms with Crippen molar-refractivity contribution in [1.29, 1.82) is 0 Å². The number of nitrogens with zero attached hydrogens (tertiary/aromatic N) is 2. The minimum absolute atomic E-state index is 0.00473. The van der Waals surface area contributed by atoms with E-state index < -0.39 is 0 Å². The maximum Gasteiger partial charge on any atom is 0.239 e. The van der Waals surface area contributed by atoms with E-state index in [2.05, 4.69) is 4.98 Å². The van der Waals surface area contributed by atoms with E-state index >= 15 is 0 Å². The van der Waals surface area contributed by atoms with Gasteiger partial charge in [-0.25, -0.2) is 4.98 Å². The summed E-state index contributed by atoms with van der Waals surface area (Å²) in [7, 11) is 1.79. The van der Waals surface area contributed by atoms with Crippen LogP contribution in [0.4, 0.5) is 0 Å². The number of thiazole rings is 1. The van der Waals surface area contributed by atoms with Crippen LogP contribution >= 0.6 is 23.1 Å². The predicted octanol–water partition coefficient (Wildman–Crippen LogP) is 1.49. The van der Waals surface area contributed by atoms with Gasteiger partial charge >= 0.3 is 0 Å². The van der Waals surface area contributed by atoms with Crippen molar-refractivity contribution in [2.24, 2.45) is 5.73 Å². The number of nitrogens with two attached hydrogens (primary N) is 1. The molecule has 1 amide bonds. The summed E-state index contributed by atoms with van der Waals surface area (Å²) in [6, 6.07) is -0.388. The lowest BCUT2D eigenvalue weighted by atomic mass is 10.2. The van der Waals surface area contributed by atoms with E-state index in [9.17, 15) is 4.79 Å². The summed E-state index contributed by atoms with van der Waals surface area (Å²) in [6.45, 7) is 2.55. The smallest absolute Gasteiger partial charge is 0.239 e. The quantitative estimate of drug-likeness (QED) is 0.853. The van der Waals surface area contributed by atoms with Crippen LogP contribution in [-0.4, -0.2) is 40.9 Å². The van der Waals surface area contributed by atoms with E-state index in [0.29, 0.717) is 6.54 Å². The summed E-state index contributed by atoms with van der Waals surface area (Å²) < 4.78 is 0. The van der Waals surface area contributed by atoms with Crippen LogP contribution in [0.5, 0.6) is 0 Å². The van der Waals surface area contributed by atoms with Gasteiger partial charge in [0, 0.05) is 18.1 Å². The van der Waals surface area contributed by atoms with Crippen molar-refractivity contribution >= 4 is 29.0 Å². The maximum absolute atomic E-state index is 11.9. The molecular weight excluding hydrogens is 254 g/mol. The van der Waals surface area contributed by atoms with Gasteiger partial charge in [-0.2, -0.15) is 11.8 Å². The molecule has 1 atom stereocenters. The molecule has 0 saturated carbocycles. The highest BCUT2D eigenvalue weighted by Crippen LogP contribution is 2.14. The Balaban J connectivity index is 2.46. The molecule has 6 heteroatoms. The second-order valence-electron chi connectivity index (χ2n) is 3.93. The van der Waals surface area contributed by atoms with Crippen LogP contribution in [0.2, 0.25) is 0 Å². The number of likely N-dealkylation sites (N-methyl/N-ethyl adjacent to an activating group) is 1. The fourth-order valence-electron chi connectivity index (χ4n) is 1.44. The molecule has 0 aromatic carbocycles. The molecule has 0 aliphatic carbocycles. The molecule has 2 N–H and O–H groups in total. The minimum atomic E-state index is -0.388. The lowest BCUT2D eigenvalue weighted by molar-refractivity contribution is -0.131. The van der Waals surface area contributed by atoms with Gasteiger partial charge in [-0.05, 0) is 25.4 Å². The van der Waals surface area contributed by atoms with E-state index in [0.717, 1.165) is 22.1 Å². The number of carbonyl (C=O) groups excluding carboxylic acids is 1. The summed E-state index contributed by atoms with van der Waals surface area (Å²) in [4.78, 5) is 18.9. The Morgan fingerprint density at radius 1 is 1.71 bits per heavy atom. The third-order valence-electron chi connectivity index (χ3n) is 2.39. The van der Waals surface area contributed by atoms with Gasteiger partial charge in [-0.3, -0.25) is 4.79 Å². The molecule has 1 aromatic heterocycles. The molecular formula is C11H19N3OS2. The average Bonchev–Trinajstić information content (AvgIpc) is 2.70. The molecule has 0 radical (unpaired) electrons. The number of hydrogen-bond donors (Lipinski definition) is 1. The second kappa shape index (κ2) is 6.98. The third kappa shape index (κ3) is 4.65. The van der Waals surface area contributed by atoms with Crippen molar-refractivity contribution in [2.45, 2.75) is 25.9 Å². The van der Waals surface area contributed by atoms with Gasteiger partial charge in [0.25, 0.3) is 0 Å². The van der Waals surface area contributed by atoms with Crippen LogP contribution < -0.4 is 5.73 Å². The average molecular weight is 273 g/mol. The molecule has 1 aromatic rings. The molecule has 0 saturated heterocycles. The summed E-state index contributed by atoms with van der Waals surface area (Å²) in [6.07, 6.45) is 4.56. The normalized spacial score (nSPS) is 12.5. The van der Waals surface area contributed by atoms with Crippen LogP contribution in [0.1, 0.15) is 16.3 Å². The molecule has 0 unspecified atom stereocenters. The van der Waals surface area contributed by atoms with E-state index in [1.807, 2.05) is 19.4 Å². The van der Waals surface area contributed by atoms with E-state index in [4.69, 9.17) is 5.73 Å². The molecule has 0 spiro atoms. The number of hydrogen-bond acceptors (Lipinski definition) is 5. The van der Waals surface area contributed by atoms with Crippen LogP contribution in [0.25, 0.3) is 0 Å². The van der Waals surface area contributed by atoms with Gasteiger partial charge in [0.2, 0.25) is 5.91 Å². The molecule has 0 aliphatic rings. The first-order chi connectivity index (χ1) is 8.04. The SMILES string of the molecule is CSCC[C@@H](N)C(=O)N(C)Cc1cnc(C)s1. The van der Waals surface area contributed by atoms with Crippen LogP contribution in [0.3, 0.4) is 0 Å². The molecule has 0 fully saturated rings. The van der Waals surface area contributed by atoms with Crippen molar-refractivity contribution in [1.82, 2.24) is 9.88 Å². The molecule has 0 bridgehead atoms. The largest absolute Gasteiger partial charge is 0.339 e. The van der Waals surface area contributed by atoms with E-state index in [1.165, 1.54) is 0 Å². The standard InChI is InChI=1S/C11H19N3OS2/c1-8-13-6-9(17-8)7-14(2)11(15)10(12)4-5-16-3/h6,10H,4-5,7,12H2,1-3H3/t10-/m1/s1. The molecule has 1 rings (SSSR count). The Bertz CT molecular complexity index is 367. The second-order valence-corrected chi connectivity index (χ2v) is 6.23. The number of aromatic nitrogens is 1.